The Balaban J connectivity index is 1.58. The minimum Gasteiger partial charge on any atom is -0.444 e. The molecule has 40 heavy (non-hydrogen) atoms. The maximum Gasteiger partial charge on any atom is 0.410 e. The van der Waals surface area contributed by atoms with Crippen molar-refractivity contribution in [2.75, 3.05) is 43.0 Å². The summed E-state index contributed by atoms with van der Waals surface area (Å²) < 4.78 is 5.56. The Bertz CT molecular complexity index is 1300. The standard InChI is InChI=1S/C31H45N5O4/c1-20-16-21(2)33-29(38)26(20)19-32-28(37)25-17-24(18-27(22(25)3)34(7)23-10-8-9-11-23)35-12-14-36(15-13-35)30(39)40-31(4,5)6/h16-18,23H,8-15,19H2,1-7H3,(H,32,37)(H,33,38). The molecule has 9 nitrogen and oxygen atoms in total. The largest absolute Gasteiger partial charge is 0.444 e. The molecule has 2 N–H and O–H groups in total. The van der Waals surface area contributed by atoms with Crippen molar-refractivity contribution in [2.45, 2.75) is 85.4 Å². The second-order valence-electron chi connectivity index (χ2n) is 12.3. The Morgan fingerprint density at radius 2 is 1.70 bits per heavy atom. The fourth-order valence-electron chi connectivity index (χ4n) is 5.80. The van der Waals surface area contributed by atoms with Crippen molar-refractivity contribution < 1.29 is 14.3 Å². The number of amides is 2. The van der Waals surface area contributed by atoms with E-state index in [1.807, 2.05) is 53.7 Å². The summed E-state index contributed by atoms with van der Waals surface area (Å²) in [5.74, 6) is -0.202. The Morgan fingerprint density at radius 1 is 1.05 bits per heavy atom. The number of benzene rings is 1. The van der Waals surface area contributed by atoms with Crippen LogP contribution in [0, 0.1) is 20.8 Å². The van der Waals surface area contributed by atoms with E-state index in [9.17, 15) is 14.4 Å². The number of carbonyl (C=O) groups excluding carboxylic acids is 2. The van der Waals surface area contributed by atoms with E-state index in [1.54, 1.807) is 4.90 Å². The maximum atomic E-state index is 13.6. The van der Waals surface area contributed by atoms with Gasteiger partial charge in [-0.3, -0.25) is 9.59 Å². The molecule has 1 aliphatic carbocycles. The van der Waals surface area contributed by atoms with E-state index in [1.165, 1.54) is 12.8 Å². The predicted octanol–water partition coefficient (Wildman–Crippen LogP) is 4.67. The van der Waals surface area contributed by atoms with Crippen LogP contribution >= 0.6 is 0 Å². The molecule has 9 heteroatoms. The molecule has 2 amide bonds. The van der Waals surface area contributed by atoms with Crippen molar-refractivity contribution in [1.29, 1.82) is 0 Å². The van der Waals surface area contributed by atoms with Gasteiger partial charge in [-0.1, -0.05) is 12.8 Å². The zero-order chi connectivity index (χ0) is 29.2. The van der Waals surface area contributed by atoms with Gasteiger partial charge in [0, 0.05) is 74.0 Å². The molecule has 0 atom stereocenters. The average Bonchev–Trinajstić information content (AvgIpc) is 3.42. The maximum absolute atomic E-state index is 13.6. The smallest absolute Gasteiger partial charge is 0.410 e. The first-order valence-corrected chi connectivity index (χ1v) is 14.4. The highest BCUT2D eigenvalue weighted by Crippen LogP contribution is 2.34. The minimum absolute atomic E-state index is 0.159. The fourth-order valence-corrected chi connectivity index (χ4v) is 5.80. The van der Waals surface area contributed by atoms with Crippen LogP contribution in [-0.4, -0.2) is 66.8 Å². The van der Waals surface area contributed by atoms with Crippen LogP contribution in [-0.2, 0) is 11.3 Å². The number of carbonyl (C=O) groups is 2. The first-order chi connectivity index (χ1) is 18.8. The number of rotatable bonds is 6. The van der Waals surface area contributed by atoms with Crippen LogP contribution in [0.15, 0.2) is 23.0 Å². The SMILES string of the molecule is Cc1cc(C)c(CNC(=O)c2cc(N3CCN(C(=O)OC(C)(C)C)CC3)cc(N(C)C3CCCC3)c2C)c(=O)[nH]1. The zero-order valence-corrected chi connectivity index (χ0v) is 25.1. The van der Waals surface area contributed by atoms with Gasteiger partial charge in [0.15, 0.2) is 0 Å². The number of pyridine rings is 1. The molecule has 2 aliphatic rings. The number of anilines is 2. The highest BCUT2D eigenvalue weighted by atomic mass is 16.6. The molecule has 1 aromatic carbocycles. The molecular formula is C31H45N5O4. The number of H-pyrrole nitrogens is 1. The topological polar surface area (TPSA) is 98.0 Å². The molecule has 1 aromatic heterocycles. The van der Waals surface area contributed by atoms with E-state index in [0.29, 0.717) is 43.3 Å². The molecule has 1 saturated carbocycles. The minimum atomic E-state index is -0.533. The van der Waals surface area contributed by atoms with Gasteiger partial charge in [-0.25, -0.2) is 4.79 Å². The molecule has 0 bridgehead atoms. The average molecular weight is 552 g/mol. The number of aromatic amines is 1. The third-order valence-corrected chi connectivity index (χ3v) is 8.08. The highest BCUT2D eigenvalue weighted by Gasteiger charge is 2.28. The van der Waals surface area contributed by atoms with Crippen molar-refractivity contribution >= 4 is 23.4 Å². The number of nitrogens with zero attached hydrogens (tertiary/aromatic N) is 3. The van der Waals surface area contributed by atoms with Gasteiger partial charge in [-0.05, 0) is 83.7 Å². The molecule has 218 valence electrons. The van der Waals surface area contributed by atoms with Crippen molar-refractivity contribution in [3.8, 4) is 0 Å². The number of hydrogen-bond acceptors (Lipinski definition) is 6. The van der Waals surface area contributed by atoms with E-state index >= 15 is 0 Å². The van der Waals surface area contributed by atoms with E-state index in [4.69, 9.17) is 4.74 Å². The first kappa shape index (κ1) is 29.5. The van der Waals surface area contributed by atoms with Crippen LogP contribution in [0.3, 0.4) is 0 Å². The summed E-state index contributed by atoms with van der Waals surface area (Å²) in [6.45, 7) is 13.9. The Morgan fingerprint density at radius 3 is 2.30 bits per heavy atom. The summed E-state index contributed by atoms with van der Waals surface area (Å²) in [5.41, 5.74) is 5.06. The van der Waals surface area contributed by atoms with Gasteiger partial charge in [0.2, 0.25) is 0 Å². The number of aryl methyl sites for hydroxylation is 2. The normalized spacial score (nSPS) is 16.3. The molecule has 0 radical (unpaired) electrons. The van der Waals surface area contributed by atoms with E-state index in [2.05, 4.69) is 33.2 Å². The Labute approximate surface area is 237 Å². The number of nitrogens with one attached hydrogen (secondary N) is 2. The van der Waals surface area contributed by atoms with Gasteiger partial charge in [-0.15, -0.1) is 0 Å². The summed E-state index contributed by atoms with van der Waals surface area (Å²) in [6, 6.07) is 6.50. The van der Waals surface area contributed by atoms with Crippen LogP contribution in [0.2, 0.25) is 0 Å². The molecule has 4 rings (SSSR count). The lowest BCUT2D eigenvalue weighted by Crippen LogP contribution is -2.50. The number of aromatic nitrogens is 1. The van der Waals surface area contributed by atoms with Gasteiger partial charge >= 0.3 is 6.09 Å². The van der Waals surface area contributed by atoms with Gasteiger partial charge in [0.05, 0.1) is 0 Å². The number of piperazine rings is 1. The molecule has 1 aliphatic heterocycles. The predicted molar refractivity (Wildman–Crippen MR) is 160 cm³/mol. The summed E-state index contributed by atoms with van der Waals surface area (Å²) >= 11 is 0. The summed E-state index contributed by atoms with van der Waals surface area (Å²) in [5, 5.41) is 3.00. The van der Waals surface area contributed by atoms with Crippen LogP contribution in [0.25, 0.3) is 0 Å². The lowest BCUT2D eigenvalue weighted by molar-refractivity contribution is 0.0240. The van der Waals surface area contributed by atoms with Crippen LogP contribution in [0.4, 0.5) is 16.2 Å². The van der Waals surface area contributed by atoms with E-state index in [-0.39, 0.29) is 24.1 Å². The van der Waals surface area contributed by atoms with Crippen molar-refractivity contribution in [3.63, 3.8) is 0 Å². The number of hydrogen-bond donors (Lipinski definition) is 2. The zero-order valence-electron chi connectivity index (χ0n) is 25.1. The van der Waals surface area contributed by atoms with E-state index < -0.39 is 5.60 Å². The van der Waals surface area contributed by atoms with Crippen LogP contribution in [0.1, 0.15) is 79.2 Å². The lowest BCUT2D eigenvalue weighted by Gasteiger charge is -2.38. The second kappa shape index (κ2) is 11.9. The van der Waals surface area contributed by atoms with E-state index in [0.717, 1.165) is 41.0 Å². The van der Waals surface area contributed by atoms with Gasteiger partial charge in [0.1, 0.15) is 5.60 Å². The first-order valence-electron chi connectivity index (χ1n) is 14.4. The molecule has 2 fully saturated rings. The molecule has 1 saturated heterocycles. The van der Waals surface area contributed by atoms with Crippen molar-refractivity contribution in [3.05, 3.63) is 56.5 Å². The fraction of sp³-hybridized carbons (Fsp3) is 0.581. The van der Waals surface area contributed by atoms with Crippen molar-refractivity contribution in [1.82, 2.24) is 15.2 Å². The van der Waals surface area contributed by atoms with Gasteiger partial charge in [-0.2, -0.15) is 0 Å². The molecule has 0 unspecified atom stereocenters. The van der Waals surface area contributed by atoms with Crippen LogP contribution in [0.5, 0.6) is 0 Å². The Hall–Kier alpha value is -3.49. The lowest BCUT2D eigenvalue weighted by atomic mass is 10.0. The third-order valence-electron chi connectivity index (χ3n) is 8.08. The molecule has 2 heterocycles. The Kier molecular flexibility index (Phi) is 8.80. The second-order valence-corrected chi connectivity index (χ2v) is 12.3. The van der Waals surface area contributed by atoms with Crippen molar-refractivity contribution in [2.24, 2.45) is 0 Å². The van der Waals surface area contributed by atoms with Gasteiger partial charge < -0.3 is 29.7 Å². The van der Waals surface area contributed by atoms with Gasteiger partial charge in [0.25, 0.3) is 11.5 Å². The number of ether oxygens (including phenoxy) is 1. The quantitative estimate of drug-likeness (QED) is 0.542. The molecular weight excluding hydrogens is 506 g/mol. The highest BCUT2D eigenvalue weighted by molar-refractivity contribution is 5.98. The molecule has 0 spiro atoms. The van der Waals surface area contributed by atoms with Crippen LogP contribution < -0.4 is 20.7 Å². The summed E-state index contributed by atoms with van der Waals surface area (Å²) in [6.07, 6.45) is 4.44. The summed E-state index contributed by atoms with van der Waals surface area (Å²) in [4.78, 5) is 47.9. The molecule has 2 aromatic rings. The summed E-state index contributed by atoms with van der Waals surface area (Å²) in [7, 11) is 2.12. The monoisotopic (exact) mass is 551 g/mol. The third kappa shape index (κ3) is 6.80.